The molecule has 0 aromatic heterocycles. The molecule has 1 aromatic rings. The molecule has 6 nitrogen and oxygen atoms in total. The fourth-order valence-corrected chi connectivity index (χ4v) is 5.14. The molecule has 1 aromatic carbocycles. The Labute approximate surface area is 160 Å². The molecule has 1 aliphatic carbocycles. The van der Waals surface area contributed by atoms with E-state index in [0.717, 1.165) is 45.3 Å². The molecule has 2 heterocycles. The standard InChI is InChI=1S/C21H29N3O3/c1-23-14-21(9-10-21)13-17(19(25)22-27)18(23)20(26)24-11-7-16(8-12-24)15-5-3-2-4-6-15/h2-6,16-18,27H,7-14H2,1H3,(H,22,25)/t17-,18-/m0/s1. The first-order chi connectivity index (χ1) is 13.0. The van der Waals surface area contributed by atoms with Gasteiger partial charge in [-0.3, -0.25) is 19.7 Å². The van der Waals surface area contributed by atoms with E-state index in [1.54, 1.807) is 5.48 Å². The predicted octanol–water partition coefficient (Wildman–Crippen LogP) is 2.00. The highest BCUT2D eigenvalue weighted by Gasteiger charge is 2.55. The van der Waals surface area contributed by atoms with Gasteiger partial charge in [0.25, 0.3) is 0 Å². The maximum Gasteiger partial charge on any atom is 0.248 e. The van der Waals surface area contributed by atoms with Crippen LogP contribution in [0.2, 0.25) is 0 Å². The van der Waals surface area contributed by atoms with Gasteiger partial charge >= 0.3 is 0 Å². The van der Waals surface area contributed by atoms with Crippen molar-refractivity contribution in [3.05, 3.63) is 35.9 Å². The van der Waals surface area contributed by atoms with Crippen LogP contribution in [-0.4, -0.2) is 59.5 Å². The van der Waals surface area contributed by atoms with Crippen molar-refractivity contribution in [2.24, 2.45) is 11.3 Å². The van der Waals surface area contributed by atoms with Crippen molar-refractivity contribution in [3.63, 3.8) is 0 Å². The number of amides is 2. The Balaban J connectivity index is 1.44. The number of carbonyl (C=O) groups is 2. The largest absolute Gasteiger partial charge is 0.341 e. The number of carbonyl (C=O) groups excluding carboxylic acids is 2. The summed E-state index contributed by atoms with van der Waals surface area (Å²) >= 11 is 0. The molecular weight excluding hydrogens is 342 g/mol. The Morgan fingerprint density at radius 3 is 2.41 bits per heavy atom. The summed E-state index contributed by atoms with van der Waals surface area (Å²) in [5.41, 5.74) is 3.31. The summed E-state index contributed by atoms with van der Waals surface area (Å²) in [7, 11) is 1.94. The summed E-state index contributed by atoms with van der Waals surface area (Å²) in [4.78, 5) is 29.6. The third-order valence-corrected chi connectivity index (χ3v) is 6.83. The van der Waals surface area contributed by atoms with E-state index in [0.29, 0.717) is 12.3 Å². The highest BCUT2D eigenvalue weighted by Crippen LogP contribution is 2.54. The lowest BCUT2D eigenvalue weighted by atomic mass is 9.79. The Kier molecular flexibility index (Phi) is 4.95. The van der Waals surface area contributed by atoms with Crippen LogP contribution in [0.5, 0.6) is 0 Å². The van der Waals surface area contributed by atoms with Gasteiger partial charge in [-0.1, -0.05) is 30.3 Å². The molecule has 4 rings (SSSR count). The van der Waals surface area contributed by atoms with E-state index < -0.39 is 17.9 Å². The molecule has 0 bridgehead atoms. The van der Waals surface area contributed by atoms with Crippen molar-refractivity contribution in [3.8, 4) is 0 Å². The normalized spacial score (nSPS) is 28.1. The number of likely N-dealkylation sites (tertiary alicyclic amines) is 2. The summed E-state index contributed by atoms with van der Waals surface area (Å²) in [5, 5.41) is 9.19. The molecule has 2 aliphatic heterocycles. The zero-order valence-corrected chi connectivity index (χ0v) is 15.9. The molecule has 2 N–H and O–H groups in total. The quantitative estimate of drug-likeness (QED) is 0.630. The molecule has 3 fully saturated rings. The number of piperidine rings is 2. The van der Waals surface area contributed by atoms with Crippen LogP contribution in [0.4, 0.5) is 0 Å². The minimum Gasteiger partial charge on any atom is -0.341 e. The van der Waals surface area contributed by atoms with Gasteiger partial charge in [0, 0.05) is 19.6 Å². The number of benzene rings is 1. The predicted molar refractivity (Wildman–Crippen MR) is 101 cm³/mol. The first-order valence-corrected chi connectivity index (χ1v) is 10.0. The Morgan fingerprint density at radius 1 is 1.15 bits per heavy atom. The highest BCUT2D eigenvalue weighted by atomic mass is 16.5. The third kappa shape index (κ3) is 3.60. The summed E-state index contributed by atoms with van der Waals surface area (Å²) in [5.74, 6) is -0.375. The van der Waals surface area contributed by atoms with Gasteiger partial charge in [0.2, 0.25) is 11.8 Å². The second-order valence-corrected chi connectivity index (χ2v) is 8.66. The summed E-state index contributed by atoms with van der Waals surface area (Å²) < 4.78 is 0. The van der Waals surface area contributed by atoms with E-state index in [1.165, 1.54) is 5.56 Å². The molecule has 27 heavy (non-hydrogen) atoms. The number of hydrogen-bond acceptors (Lipinski definition) is 4. The number of hydrogen-bond donors (Lipinski definition) is 2. The zero-order valence-electron chi connectivity index (χ0n) is 15.9. The molecule has 2 atom stereocenters. The van der Waals surface area contributed by atoms with Crippen molar-refractivity contribution in [2.45, 2.75) is 44.1 Å². The molecule has 1 saturated carbocycles. The molecule has 146 valence electrons. The lowest BCUT2D eigenvalue weighted by molar-refractivity contribution is -0.151. The van der Waals surface area contributed by atoms with Crippen LogP contribution >= 0.6 is 0 Å². The van der Waals surface area contributed by atoms with Gasteiger partial charge in [-0.25, -0.2) is 5.48 Å². The first kappa shape index (κ1) is 18.4. The number of rotatable bonds is 3. The highest BCUT2D eigenvalue weighted by molar-refractivity contribution is 5.90. The Hall–Kier alpha value is -1.92. The summed E-state index contributed by atoms with van der Waals surface area (Å²) in [6, 6.07) is 10.0. The van der Waals surface area contributed by atoms with Crippen molar-refractivity contribution in [2.75, 3.05) is 26.7 Å². The van der Waals surface area contributed by atoms with Crippen LogP contribution in [-0.2, 0) is 9.59 Å². The van der Waals surface area contributed by atoms with Gasteiger partial charge in [0.15, 0.2) is 0 Å². The zero-order chi connectivity index (χ0) is 19.0. The first-order valence-electron chi connectivity index (χ1n) is 10.0. The fraction of sp³-hybridized carbons (Fsp3) is 0.619. The lowest BCUT2D eigenvalue weighted by Crippen LogP contribution is -2.59. The van der Waals surface area contributed by atoms with Crippen molar-refractivity contribution in [1.82, 2.24) is 15.3 Å². The van der Waals surface area contributed by atoms with E-state index in [9.17, 15) is 14.8 Å². The monoisotopic (exact) mass is 371 g/mol. The van der Waals surface area contributed by atoms with Crippen LogP contribution in [0.3, 0.4) is 0 Å². The topological polar surface area (TPSA) is 72.9 Å². The minimum atomic E-state index is -0.476. The van der Waals surface area contributed by atoms with Crippen LogP contribution < -0.4 is 5.48 Å². The van der Waals surface area contributed by atoms with E-state index >= 15 is 0 Å². The Bertz CT molecular complexity index is 696. The van der Waals surface area contributed by atoms with Crippen LogP contribution in [0.1, 0.15) is 43.6 Å². The average Bonchev–Trinajstić information content (AvgIpc) is 3.45. The van der Waals surface area contributed by atoms with Crippen molar-refractivity contribution in [1.29, 1.82) is 0 Å². The maximum atomic E-state index is 13.3. The van der Waals surface area contributed by atoms with Gasteiger partial charge in [-0.2, -0.15) is 0 Å². The minimum absolute atomic E-state index is 0.0353. The molecular formula is C21H29N3O3. The SMILES string of the molecule is CN1CC2(CC2)C[C@H](C(=O)NO)[C@H]1C(=O)N1CCC(c2ccccc2)CC1. The average molecular weight is 371 g/mol. The van der Waals surface area contributed by atoms with Gasteiger partial charge in [-0.05, 0) is 56.0 Å². The fourth-order valence-electron chi connectivity index (χ4n) is 5.14. The van der Waals surface area contributed by atoms with Crippen molar-refractivity contribution < 1.29 is 14.8 Å². The molecule has 0 unspecified atom stereocenters. The number of nitrogens with one attached hydrogen (secondary N) is 1. The van der Waals surface area contributed by atoms with Gasteiger partial charge in [-0.15, -0.1) is 0 Å². The second-order valence-electron chi connectivity index (χ2n) is 8.66. The molecule has 6 heteroatoms. The number of hydroxylamine groups is 1. The van der Waals surface area contributed by atoms with Gasteiger partial charge < -0.3 is 4.90 Å². The number of nitrogens with zero attached hydrogens (tertiary/aromatic N) is 2. The van der Waals surface area contributed by atoms with Crippen LogP contribution in [0.25, 0.3) is 0 Å². The molecule has 1 spiro atoms. The smallest absolute Gasteiger partial charge is 0.248 e. The van der Waals surface area contributed by atoms with Gasteiger partial charge in [0.1, 0.15) is 6.04 Å². The maximum absolute atomic E-state index is 13.3. The molecule has 2 saturated heterocycles. The van der Waals surface area contributed by atoms with E-state index in [-0.39, 0.29) is 11.3 Å². The summed E-state index contributed by atoms with van der Waals surface area (Å²) in [6.07, 6.45) is 4.81. The lowest BCUT2D eigenvalue weighted by Gasteiger charge is -2.44. The van der Waals surface area contributed by atoms with E-state index in [1.807, 2.05) is 22.9 Å². The van der Waals surface area contributed by atoms with E-state index in [4.69, 9.17) is 0 Å². The van der Waals surface area contributed by atoms with Crippen molar-refractivity contribution >= 4 is 11.8 Å². The molecule has 2 amide bonds. The number of likely N-dealkylation sites (N-methyl/N-ethyl adjacent to an activating group) is 1. The summed E-state index contributed by atoms with van der Waals surface area (Å²) in [6.45, 7) is 2.31. The third-order valence-electron chi connectivity index (χ3n) is 6.83. The van der Waals surface area contributed by atoms with E-state index in [2.05, 4.69) is 24.3 Å². The second kappa shape index (κ2) is 7.24. The van der Waals surface area contributed by atoms with Crippen LogP contribution in [0, 0.1) is 11.3 Å². The molecule has 3 aliphatic rings. The van der Waals surface area contributed by atoms with Crippen LogP contribution in [0.15, 0.2) is 30.3 Å². The molecule has 0 radical (unpaired) electrons. The Morgan fingerprint density at radius 2 is 1.81 bits per heavy atom. The van der Waals surface area contributed by atoms with Gasteiger partial charge in [0.05, 0.1) is 5.92 Å².